The van der Waals surface area contributed by atoms with Gasteiger partial charge in [-0.3, -0.25) is 0 Å². The van der Waals surface area contributed by atoms with E-state index >= 15 is 0 Å². The number of carbonyl (C=O) groups excluding carboxylic acids is 1. The smallest absolute Gasteiger partial charge is 0.410 e. The van der Waals surface area contributed by atoms with Gasteiger partial charge in [-0.2, -0.15) is 11.3 Å². The van der Waals surface area contributed by atoms with Gasteiger partial charge < -0.3 is 9.64 Å². The Morgan fingerprint density at radius 2 is 2.24 bits per heavy atom. The van der Waals surface area contributed by atoms with Crippen LogP contribution in [0.5, 0.6) is 0 Å². The van der Waals surface area contributed by atoms with Gasteiger partial charge in [0.15, 0.2) is 0 Å². The van der Waals surface area contributed by atoms with Crippen LogP contribution in [0, 0.1) is 11.3 Å². The Morgan fingerprint density at radius 3 is 2.81 bits per heavy atom. The average Bonchev–Trinajstić information content (AvgIpc) is 2.98. The van der Waals surface area contributed by atoms with Gasteiger partial charge in [-0.25, -0.2) is 4.79 Å². The largest absolute Gasteiger partial charge is 0.444 e. The molecule has 1 fully saturated rings. The first-order valence-corrected chi connectivity index (χ1v) is 8.42. The fraction of sp³-hybridized carbons (Fsp3) is 0.588. The molecule has 0 spiro atoms. The van der Waals surface area contributed by atoms with Gasteiger partial charge in [-0.1, -0.05) is 13.0 Å². The fourth-order valence-electron chi connectivity index (χ4n) is 3.36. The maximum Gasteiger partial charge on any atom is 0.410 e. The maximum absolute atomic E-state index is 12.2. The van der Waals surface area contributed by atoms with Crippen molar-refractivity contribution in [2.45, 2.75) is 39.7 Å². The van der Waals surface area contributed by atoms with E-state index in [-0.39, 0.29) is 11.5 Å². The molecule has 2 unspecified atom stereocenters. The van der Waals surface area contributed by atoms with Gasteiger partial charge in [0.2, 0.25) is 0 Å². The SMILES string of the molecule is CC(C)(C)OC(=O)N1CC2C=C(c3ccsc3)CC2(C)C1. The van der Waals surface area contributed by atoms with Crippen molar-refractivity contribution in [3.63, 3.8) is 0 Å². The van der Waals surface area contributed by atoms with Crippen molar-refractivity contribution in [3.8, 4) is 0 Å². The van der Waals surface area contributed by atoms with Crippen molar-refractivity contribution in [3.05, 3.63) is 28.5 Å². The summed E-state index contributed by atoms with van der Waals surface area (Å²) in [5.41, 5.74) is 2.52. The van der Waals surface area contributed by atoms with Crippen LogP contribution in [-0.4, -0.2) is 29.7 Å². The zero-order valence-corrected chi connectivity index (χ0v) is 14.0. The minimum absolute atomic E-state index is 0.161. The Kier molecular flexibility index (Phi) is 3.40. The normalized spacial score (nSPS) is 28.5. The summed E-state index contributed by atoms with van der Waals surface area (Å²) < 4.78 is 5.50. The number of likely N-dealkylation sites (tertiary alicyclic amines) is 1. The third kappa shape index (κ3) is 2.86. The summed E-state index contributed by atoms with van der Waals surface area (Å²) in [4.78, 5) is 14.1. The van der Waals surface area contributed by atoms with Gasteiger partial charge in [-0.15, -0.1) is 0 Å². The highest BCUT2D eigenvalue weighted by Gasteiger charge is 2.48. The van der Waals surface area contributed by atoms with Crippen LogP contribution < -0.4 is 0 Å². The van der Waals surface area contributed by atoms with Crippen LogP contribution in [0.2, 0.25) is 0 Å². The first-order chi connectivity index (χ1) is 9.77. The van der Waals surface area contributed by atoms with E-state index in [1.165, 1.54) is 11.1 Å². The quantitative estimate of drug-likeness (QED) is 0.769. The van der Waals surface area contributed by atoms with Gasteiger partial charge >= 0.3 is 6.09 Å². The second-order valence-corrected chi connectivity index (χ2v) is 8.28. The lowest BCUT2D eigenvalue weighted by Gasteiger charge is -2.26. The van der Waals surface area contributed by atoms with E-state index in [2.05, 4.69) is 29.8 Å². The summed E-state index contributed by atoms with van der Waals surface area (Å²) in [6, 6.07) is 2.19. The third-order valence-corrected chi connectivity index (χ3v) is 5.09. The van der Waals surface area contributed by atoms with Crippen LogP contribution in [0.25, 0.3) is 5.57 Å². The molecule has 0 aromatic carbocycles. The monoisotopic (exact) mass is 305 g/mol. The molecule has 3 nitrogen and oxygen atoms in total. The number of rotatable bonds is 1. The van der Waals surface area contributed by atoms with E-state index in [0.29, 0.717) is 5.92 Å². The summed E-state index contributed by atoms with van der Waals surface area (Å²) in [5.74, 6) is 0.444. The molecule has 3 rings (SSSR count). The molecule has 1 aliphatic heterocycles. The van der Waals surface area contributed by atoms with E-state index in [4.69, 9.17) is 4.74 Å². The number of fused-ring (bicyclic) bond motifs is 1. The minimum atomic E-state index is -0.423. The van der Waals surface area contributed by atoms with Crippen molar-refractivity contribution in [2.75, 3.05) is 13.1 Å². The molecule has 0 saturated carbocycles. The van der Waals surface area contributed by atoms with Gasteiger partial charge in [0.05, 0.1) is 0 Å². The summed E-state index contributed by atoms with van der Waals surface area (Å²) in [6.45, 7) is 9.60. The molecule has 2 atom stereocenters. The van der Waals surface area contributed by atoms with Crippen molar-refractivity contribution >= 4 is 23.0 Å². The van der Waals surface area contributed by atoms with Crippen molar-refractivity contribution in [2.24, 2.45) is 11.3 Å². The second kappa shape index (κ2) is 4.87. The van der Waals surface area contributed by atoms with Crippen LogP contribution in [-0.2, 0) is 4.74 Å². The highest BCUT2D eigenvalue weighted by molar-refractivity contribution is 7.08. The number of thiophene rings is 1. The lowest BCUT2D eigenvalue weighted by atomic mass is 9.81. The summed E-state index contributed by atoms with van der Waals surface area (Å²) in [7, 11) is 0. The Hall–Kier alpha value is -1.29. The minimum Gasteiger partial charge on any atom is -0.444 e. The molecule has 1 saturated heterocycles. The zero-order chi connectivity index (χ0) is 15.3. The molecule has 1 aliphatic carbocycles. The van der Waals surface area contributed by atoms with Crippen LogP contribution in [0.3, 0.4) is 0 Å². The predicted octanol–water partition coefficient (Wildman–Crippen LogP) is 4.41. The number of nitrogens with zero attached hydrogens (tertiary/aromatic N) is 1. The first-order valence-electron chi connectivity index (χ1n) is 7.48. The van der Waals surface area contributed by atoms with Gasteiger partial charge in [-0.05, 0) is 60.6 Å². The van der Waals surface area contributed by atoms with Crippen LogP contribution in [0.15, 0.2) is 22.9 Å². The zero-order valence-electron chi connectivity index (χ0n) is 13.2. The molecule has 0 N–H and O–H groups in total. The van der Waals surface area contributed by atoms with Crippen molar-refractivity contribution in [1.82, 2.24) is 4.90 Å². The lowest BCUT2D eigenvalue weighted by molar-refractivity contribution is 0.0275. The molecular formula is C17H23NO2S. The highest BCUT2D eigenvalue weighted by atomic mass is 32.1. The molecule has 114 valence electrons. The molecule has 0 bridgehead atoms. The van der Waals surface area contributed by atoms with Gasteiger partial charge in [0, 0.05) is 19.0 Å². The van der Waals surface area contributed by atoms with E-state index in [1.54, 1.807) is 11.3 Å². The number of hydrogen-bond donors (Lipinski definition) is 0. The van der Waals surface area contributed by atoms with Gasteiger partial charge in [0.1, 0.15) is 5.60 Å². The van der Waals surface area contributed by atoms with Crippen molar-refractivity contribution in [1.29, 1.82) is 0 Å². The van der Waals surface area contributed by atoms with Crippen LogP contribution in [0.4, 0.5) is 4.79 Å². The predicted molar refractivity (Wildman–Crippen MR) is 86.3 cm³/mol. The van der Waals surface area contributed by atoms with E-state index in [1.807, 2.05) is 25.7 Å². The third-order valence-electron chi connectivity index (χ3n) is 4.40. The van der Waals surface area contributed by atoms with E-state index in [0.717, 1.165) is 19.5 Å². The van der Waals surface area contributed by atoms with E-state index < -0.39 is 5.60 Å². The average molecular weight is 305 g/mol. The molecule has 1 aromatic rings. The summed E-state index contributed by atoms with van der Waals surface area (Å²) in [5, 5.41) is 4.33. The number of hydrogen-bond acceptors (Lipinski definition) is 3. The highest BCUT2D eigenvalue weighted by Crippen LogP contribution is 2.50. The Labute approximate surface area is 130 Å². The van der Waals surface area contributed by atoms with E-state index in [9.17, 15) is 4.79 Å². The molecule has 2 aliphatic rings. The number of carbonyl (C=O) groups is 1. The van der Waals surface area contributed by atoms with Crippen LogP contribution >= 0.6 is 11.3 Å². The molecule has 0 radical (unpaired) electrons. The molecule has 2 heterocycles. The van der Waals surface area contributed by atoms with Gasteiger partial charge in [0.25, 0.3) is 0 Å². The number of amides is 1. The second-order valence-electron chi connectivity index (χ2n) is 7.50. The summed E-state index contributed by atoms with van der Waals surface area (Å²) in [6.07, 6.45) is 3.24. The van der Waals surface area contributed by atoms with Crippen molar-refractivity contribution < 1.29 is 9.53 Å². The number of ether oxygens (including phenoxy) is 1. The Balaban J connectivity index is 1.71. The molecule has 1 amide bonds. The lowest BCUT2D eigenvalue weighted by Crippen LogP contribution is -2.36. The standard InChI is InChI=1S/C17H23NO2S/c1-16(2,3)20-15(19)18-9-14-7-13(8-17(14,4)11-18)12-5-6-21-10-12/h5-7,10,14H,8-9,11H2,1-4H3. The molecule has 1 aromatic heterocycles. The Bertz CT molecular complexity index is 570. The van der Waals surface area contributed by atoms with Crippen LogP contribution in [0.1, 0.15) is 39.7 Å². The first kappa shape index (κ1) is 14.6. The summed E-state index contributed by atoms with van der Waals surface area (Å²) >= 11 is 1.74. The maximum atomic E-state index is 12.2. The number of allylic oxidation sites excluding steroid dienone is 1. The molecule has 4 heteroatoms. The molecule has 21 heavy (non-hydrogen) atoms. The molecular weight excluding hydrogens is 282 g/mol. The fourth-order valence-corrected chi connectivity index (χ4v) is 4.04. The Morgan fingerprint density at radius 1 is 1.48 bits per heavy atom. The topological polar surface area (TPSA) is 29.5 Å².